The molecular weight excluding hydrogens is 316 g/mol. The summed E-state index contributed by atoms with van der Waals surface area (Å²) in [5, 5.41) is 5.52. The van der Waals surface area contributed by atoms with E-state index in [1.807, 2.05) is 0 Å². The maximum Gasteiger partial charge on any atom is 0.120 e. The third-order valence-electron chi connectivity index (χ3n) is 4.96. The molecule has 0 spiro atoms. The molecule has 0 saturated carbocycles. The van der Waals surface area contributed by atoms with E-state index < -0.39 is 0 Å². The molecule has 4 rings (SSSR count). The van der Waals surface area contributed by atoms with E-state index in [1.54, 1.807) is 11.3 Å². The molecule has 24 heavy (non-hydrogen) atoms. The Bertz CT molecular complexity index is 798. The Labute approximate surface area is 147 Å². The number of thiophene rings is 1. The Morgan fingerprint density at radius 2 is 1.96 bits per heavy atom. The van der Waals surface area contributed by atoms with Gasteiger partial charge in [-0.15, -0.1) is 0 Å². The number of nitrogens with zero attached hydrogens (tertiary/aromatic N) is 2. The SMILES string of the molecule is CC(C)N1CCC(Oc2ccc3c(ccn3-c3ccsc3)c2)CC1. The van der Waals surface area contributed by atoms with Gasteiger partial charge >= 0.3 is 0 Å². The molecule has 3 aromatic rings. The zero-order valence-corrected chi connectivity index (χ0v) is 15.1. The van der Waals surface area contributed by atoms with Crippen LogP contribution in [0, 0.1) is 0 Å². The zero-order chi connectivity index (χ0) is 16.5. The van der Waals surface area contributed by atoms with Crippen molar-refractivity contribution in [2.45, 2.75) is 38.8 Å². The summed E-state index contributed by atoms with van der Waals surface area (Å²) in [7, 11) is 0. The molecule has 0 atom stereocenters. The number of hydrogen-bond donors (Lipinski definition) is 0. The number of hydrogen-bond acceptors (Lipinski definition) is 3. The molecular formula is C20H24N2OS. The second kappa shape index (κ2) is 6.61. The highest BCUT2D eigenvalue weighted by atomic mass is 32.1. The molecule has 1 aromatic carbocycles. The van der Waals surface area contributed by atoms with Gasteiger partial charge in [0.25, 0.3) is 0 Å². The van der Waals surface area contributed by atoms with Crippen LogP contribution in [0.3, 0.4) is 0 Å². The van der Waals surface area contributed by atoms with Crippen LogP contribution in [0.25, 0.3) is 16.6 Å². The molecule has 0 bridgehead atoms. The largest absolute Gasteiger partial charge is 0.490 e. The maximum absolute atomic E-state index is 6.26. The monoisotopic (exact) mass is 340 g/mol. The molecule has 126 valence electrons. The number of benzene rings is 1. The summed E-state index contributed by atoms with van der Waals surface area (Å²) in [6.07, 6.45) is 4.71. The first-order valence-corrected chi connectivity index (χ1v) is 9.69. The molecule has 0 N–H and O–H groups in total. The summed E-state index contributed by atoms with van der Waals surface area (Å²) >= 11 is 1.73. The van der Waals surface area contributed by atoms with E-state index in [9.17, 15) is 0 Å². The summed E-state index contributed by atoms with van der Waals surface area (Å²) in [5.74, 6) is 0.994. The Kier molecular flexibility index (Phi) is 4.33. The first-order valence-electron chi connectivity index (χ1n) is 8.75. The molecule has 4 heteroatoms. The van der Waals surface area contributed by atoms with Crippen LogP contribution >= 0.6 is 11.3 Å². The Morgan fingerprint density at radius 1 is 1.12 bits per heavy atom. The number of likely N-dealkylation sites (tertiary alicyclic amines) is 1. The number of aromatic nitrogens is 1. The number of rotatable bonds is 4. The van der Waals surface area contributed by atoms with Gasteiger partial charge in [-0.25, -0.2) is 0 Å². The molecule has 0 unspecified atom stereocenters. The predicted octanol–water partition coefficient (Wildman–Crippen LogP) is 4.94. The standard InChI is InChI=1S/C20H24N2OS/c1-15(2)21-9-6-18(7-10-21)23-19-3-4-20-16(13-19)5-11-22(20)17-8-12-24-14-17/h3-5,8,11-15,18H,6-7,9-10H2,1-2H3. The molecule has 0 amide bonds. The van der Waals surface area contributed by atoms with Crippen LogP contribution in [-0.4, -0.2) is 34.7 Å². The molecule has 3 nitrogen and oxygen atoms in total. The predicted molar refractivity (Wildman–Crippen MR) is 102 cm³/mol. The van der Waals surface area contributed by atoms with Crippen molar-refractivity contribution in [2.75, 3.05) is 13.1 Å². The van der Waals surface area contributed by atoms with Crippen molar-refractivity contribution >= 4 is 22.2 Å². The molecule has 1 aliphatic heterocycles. The van der Waals surface area contributed by atoms with Crippen molar-refractivity contribution in [1.29, 1.82) is 0 Å². The average molecular weight is 340 g/mol. The van der Waals surface area contributed by atoms with Crippen molar-refractivity contribution in [3.05, 3.63) is 47.3 Å². The lowest BCUT2D eigenvalue weighted by Gasteiger charge is -2.34. The van der Waals surface area contributed by atoms with Crippen molar-refractivity contribution in [1.82, 2.24) is 9.47 Å². The van der Waals surface area contributed by atoms with Gasteiger partial charge in [-0.05, 0) is 62.4 Å². The lowest BCUT2D eigenvalue weighted by atomic mass is 10.1. The maximum atomic E-state index is 6.26. The van der Waals surface area contributed by atoms with Crippen LogP contribution in [0.15, 0.2) is 47.3 Å². The van der Waals surface area contributed by atoms with Crippen molar-refractivity contribution in [2.24, 2.45) is 0 Å². The van der Waals surface area contributed by atoms with E-state index in [4.69, 9.17) is 4.74 Å². The van der Waals surface area contributed by atoms with Crippen LogP contribution in [0.1, 0.15) is 26.7 Å². The zero-order valence-electron chi connectivity index (χ0n) is 14.3. The van der Waals surface area contributed by atoms with E-state index >= 15 is 0 Å². The Balaban J connectivity index is 1.48. The first kappa shape index (κ1) is 15.7. The fraction of sp³-hybridized carbons (Fsp3) is 0.400. The second-order valence-corrected chi connectivity index (χ2v) is 7.61. The van der Waals surface area contributed by atoms with Crippen molar-refractivity contribution in [3.8, 4) is 11.4 Å². The van der Waals surface area contributed by atoms with Crippen LogP contribution in [-0.2, 0) is 0 Å². The van der Waals surface area contributed by atoms with E-state index in [0.29, 0.717) is 12.1 Å². The third kappa shape index (κ3) is 3.08. The summed E-state index contributed by atoms with van der Waals surface area (Å²) in [6.45, 7) is 6.82. The molecule has 1 saturated heterocycles. The summed E-state index contributed by atoms with van der Waals surface area (Å²) in [4.78, 5) is 2.53. The summed E-state index contributed by atoms with van der Waals surface area (Å²) in [5.41, 5.74) is 2.46. The molecule has 2 aromatic heterocycles. The minimum Gasteiger partial charge on any atom is -0.490 e. The van der Waals surface area contributed by atoms with Gasteiger partial charge in [0.05, 0.1) is 11.2 Å². The topological polar surface area (TPSA) is 17.4 Å². The number of ether oxygens (including phenoxy) is 1. The van der Waals surface area contributed by atoms with Crippen LogP contribution < -0.4 is 4.74 Å². The van der Waals surface area contributed by atoms with Crippen LogP contribution in [0.5, 0.6) is 5.75 Å². The van der Waals surface area contributed by atoms with Gasteiger partial charge in [0.2, 0.25) is 0 Å². The quantitative estimate of drug-likeness (QED) is 0.669. The summed E-state index contributed by atoms with van der Waals surface area (Å²) < 4.78 is 8.49. The minimum absolute atomic E-state index is 0.344. The van der Waals surface area contributed by atoms with E-state index in [-0.39, 0.29) is 0 Å². The van der Waals surface area contributed by atoms with E-state index in [0.717, 1.165) is 31.7 Å². The molecule has 3 heterocycles. The van der Waals surface area contributed by atoms with Gasteiger partial charge in [-0.3, -0.25) is 0 Å². The second-order valence-electron chi connectivity index (χ2n) is 6.83. The van der Waals surface area contributed by atoms with Gasteiger partial charge in [0.15, 0.2) is 0 Å². The average Bonchev–Trinajstić information content (AvgIpc) is 3.24. The van der Waals surface area contributed by atoms with Gasteiger partial charge in [-0.1, -0.05) is 0 Å². The fourth-order valence-electron chi connectivity index (χ4n) is 3.52. The van der Waals surface area contributed by atoms with Crippen molar-refractivity contribution in [3.63, 3.8) is 0 Å². The van der Waals surface area contributed by atoms with E-state index in [1.165, 1.54) is 16.6 Å². The molecule has 0 radical (unpaired) electrons. The van der Waals surface area contributed by atoms with Crippen LogP contribution in [0.4, 0.5) is 0 Å². The van der Waals surface area contributed by atoms with Gasteiger partial charge < -0.3 is 14.2 Å². The summed E-state index contributed by atoms with van der Waals surface area (Å²) in [6, 6.07) is 11.4. The Hall–Kier alpha value is -1.78. The van der Waals surface area contributed by atoms with Crippen LogP contribution in [0.2, 0.25) is 0 Å². The van der Waals surface area contributed by atoms with Gasteiger partial charge in [-0.2, -0.15) is 11.3 Å². The van der Waals surface area contributed by atoms with Crippen molar-refractivity contribution < 1.29 is 4.74 Å². The smallest absolute Gasteiger partial charge is 0.120 e. The highest BCUT2D eigenvalue weighted by Crippen LogP contribution is 2.27. The molecule has 0 aliphatic carbocycles. The lowest BCUT2D eigenvalue weighted by molar-refractivity contribution is 0.0844. The minimum atomic E-state index is 0.344. The fourth-order valence-corrected chi connectivity index (χ4v) is 4.14. The number of fused-ring (bicyclic) bond motifs is 1. The number of piperidine rings is 1. The highest BCUT2D eigenvalue weighted by Gasteiger charge is 2.22. The van der Waals surface area contributed by atoms with Gasteiger partial charge in [0, 0.05) is 36.1 Å². The Morgan fingerprint density at radius 3 is 2.67 bits per heavy atom. The van der Waals surface area contributed by atoms with Gasteiger partial charge in [0.1, 0.15) is 11.9 Å². The first-order chi connectivity index (χ1) is 11.7. The lowest BCUT2D eigenvalue weighted by Crippen LogP contribution is -2.41. The molecule has 1 aliphatic rings. The highest BCUT2D eigenvalue weighted by molar-refractivity contribution is 7.08. The normalized spacial score (nSPS) is 17.0. The van der Waals surface area contributed by atoms with E-state index in [2.05, 4.69) is 70.6 Å². The molecule has 1 fully saturated rings. The third-order valence-corrected chi connectivity index (χ3v) is 5.63.